The lowest BCUT2D eigenvalue weighted by Gasteiger charge is -2.35. The van der Waals surface area contributed by atoms with E-state index in [1.807, 2.05) is 79.6 Å². The third-order valence-corrected chi connectivity index (χ3v) is 19.6. The highest BCUT2D eigenvalue weighted by molar-refractivity contribution is 6.01. The predicted molar refractivity (Wildman–Crippen MR) is 392 cm³/mol. The maximum atomic E-state index is 12.5. The number of morpholine rings is 1. The van der Waals surface area contributed by atoms with E-state index in [-0.39, 0.29) is 17.2 Å². The molecule has 0 bridgehead atoms. The van der Waals surface area contributed by atoms with Gasteiger partial charge in [0.15, 0.2) is 5.78 Å². The van der Waals surface area contributed by atoms with Crippen molar-refractivity contribution < 1.29 is 14.3 Å². The van der Waals surface area contributed by atoms with Crippen LogP contribution in [0.15, 0.2) is 218 Å². The number of anilines is 2. The molecule has 16 rings (SSSR count). The van der Waals surface area contributed by atoms with Gasteiger partial charge in [-0.15, -0.1) is 0 Å². The smallest absolute Gasteiger partial charge is 0.251 e. The molecule has 5 aromatic carbocycles. The number of fused-ring (bicyclic) bond motifs is 5. The van der Waals surface area contributed by atoms with Crippen LogP contribution in [0.4, 0.5) is 11.4 Å². The van der Waals surface area contributed by atoms with E-state index in [4.69, 9.17) is 9.72 Å². The SMILES string of the molecule is CCN(CC)CCNC(=O)c1ccc(Cc2ccc(-c3ccc4c(c3)CCC4=O)n3ccnc23)cc1.CCN1CCN(c2ccc(Cc3ccc(-c4cc[nH]c(=O)c4)n4ccnc34)cc2)CC1.c1cc(-c2ccc(Cc3ccc(N4CCOCC4)cc3)c3nccn23)c2cc[nH]c2c1. The number of benzene rings is 5. The van der Waals surface area contributed by atoms with Gasteiger partial charge >= 0.3 is 0 Å². The molecule has 98 heavy (non-hydrogen) atoms. The number of amides is 1. The molecule has 0 atom stereocenters. The fourth-order valence-electron chi connectivity index (χ4n) is 14.0. The number of hydrogen-bond acceptors (Lipinski definition) is 11. The highest BCUT2D eigenvalue weighted by Gasteiger charge is 2.22. The monoisotopic (exact) mass is 1300 g/mol. The van der Waals surface area contributed by atoms with Crippen LogP contribution in [0, 0.1) is 0 Å². The number of likely N-dealkylation sites (N-methyl/N-ethyl adjacent to an activating group) is 2. The van der Waals surface area contributed by atoms with Crippen LogP contribution >= 0.6 is 0 Å². The largest absolute Gasteiger partial charge is 0.378 e. The first-order valence-corrected chi connectivity index (χ1v) is 34.5. The van der Waals surface area contributed by atoms with Gasteiger partial charge in [-0.2, -0.15) is 0 Å². The summed E-state index contributed by atoms with van der Waals surface area (Å²) in [5.74, 6) is 0.201. The van der Waals surface area contributed by atoms with E-state index in [0.29, 0.717) is 18.5 Å². The number of nitrogens with zero attached hydrogens (tertiary/aromatic N) is 10. The summed E-state index contributed by atoms with van der Waals surface area (Å²) >= 11 is 0. The van der Waals surface area contributed by atoms with E-state index in [0.717, 1.165) is 177 Å². The van der Waals surface area contributed by atoms with Crippen LogP contribution in [0.1, 0.15) is 86.9 Å². The van der Waals surface area contributed by atoms with E-state index in [1.165, 1.54) is 44.6 Å². The first-order chi connectivity index (χ1) is 48.1. The molecule has 1 aliphatic carbocycles. The fraction of sp³-hybridized carbons (Fsp3) is 0.259. The number of rotatable bonds is 18. The Hall–Kier alpha value is -10.7. The molecule has 0 radical (unpaired) electrons. The Balaban J connectivity index is 0.000000126. The predicted octanol–water partition coefficient (Wildman–Crippen LogP) is 13.1. The summed E-state index contributed by atoms with van der Waals surface area (Å²) in [5.41, 5.74) is 22.7. The fourth-order valence-corrected chi connectivity index (χ4v) is 14.0. The number of ether oxygens (including phenoxy) is 1. The summed E-state index contributed by atoms with van der Waals surface area (Å²) in [5, 5.41) is 4.24. The summed E-state index contributed by atoms with van der Waals surface area (Å²) in [7, 11) is 0. The quantitative estimate of drug-likeness (QED) is 0.0747. The molecule has 0 spiro atoms. The Morgan fingerprint density at radius 3 is 1.64 bits per heavy atom. The number of nitrogens with one attached hydrogen (secondary N) is 3. The summed E-state index contributed by atoms with van der Waals surface area (Å²) in [6, 6.07) is 56.7. The number of pyridine rings is 4. The topological polar surface area (TPSA) is 169 Å². The van der Waals surface area contributed by atoms with Crippen molar-refractivity contribution in [3.8, 4) is 33.8 Å². The molecule has 10 heterocycles. The molecule has 17 nitrogen and oxygen atoms in total. The standard InChI is InChI=1S/C30H32N4O2.C26H24N4O.C25H27N5O/c1-3-33(4-2)17-15-32-30(36)22-7-5-21(6-8-22)19-25-10-13-27(34-18-16-31-29(25)34)24-9-12-26-23(20-24)11-14-28(26)35;1-2-23(22-10-11-27-24(22)3-1)25-9-6-20(26-28-12-13-30(25)26)18-19-4-7-21(8-5-19)29-14-16-31-17-15-29;1-2-28-13-15-29(16-14-28)22-6-3-19(4-7-22)17-21-5-8-23(30-12-11-27-25(21)30)20-9-10-26-24(31)18-20/h5-10,12-13,16,18,20H,3-4,11,14-15,17,19H2,1-2H3,(H,32,36);1-13,27H,14-18H2;3-12,18H,2,13-17H2,1H3,(H,26,31). The number of ketones is 1. The maximum Gasteiger partial charge on any atom is 0.251 e. The number of carbonyl (C=O) groups excluding carboxylic acids is 2. The van der Waals surface area contributed by atoms with Gasteiger partial charge in [0.2, 0.25) is 5.56 Å². The Morgan fingerprint density at radius 1 is 0.531 bits per heavy atom. The zero-order chi connectivity index (χ0) is 66.9. The van der Waals surface area contributed by atoms with E-state index in [9.17, 15) is 14.4 Å². The van der Waals surface area contributed by atoms with Gasteiger partial charge in [-0.25, -0.2) is 15.0 Å². The molecule has 3 N–H and O–H groups in total. The number of aromatic nitrogens is 8. The van der Waals surface area contributed by atoms with Gasteiger partial charge in [-0.3, -0.25) is 27.6 Å². The van der Waals surface area contributed by atoms with Crippen LogP contribution in [-0.4, -0.2) is 145 Å². The van der Waals surface area contributed by atoms with Gasteiger partial charge in [0.25, 0.3) is 5.91 Å². The minimum atomic E-state index is -0.106. The zero-order valence-corrected chi connectivity index (χ0v) is 56.0. The Kier molecular flexibility index (Phi) is 19.6. The number of aryl methyl sites for hydroxylation is 1. The number of H-pyrrole nitrogens is 2. The molecule has 3 aliphatic rings. The molecule has 2 saturated heterocycles. The molecule has 2 fully saturated rings. The summed E-state index contributed by atoms with van der Waals surface area (Å²) in [6.45, 7) is 19.1. The van der Waals surface area contributed by atoms with Crippen molar-refractivity contribution >= 4 is 50.9 Å². The Morgan fingerprint density at radius 2 is 1.07 bits per heavy atom. The lowest BCUT2D eigenvalue weighted by Crippen LogP contribution is -2.46. The molecule has 1 amide bonds. The zero-order valence-electron chi connectivity index (χ0n) is 56.0. The van der Waals surface area contributed by atoms with Gasteiger partial charge in [-0.05, 0) is 149 Å². The summed E-state index contributed by atoms with van der Waals surface area (Å²) < 4.78 is 11.9. The van der Waals surface area contributed by atoms with Crippen molar-refractivity contribution in [3.63, 3.8) is 0 Å². The number of Topliss-reactive ketones (excluding diaryl/α,β-unsaturated/α-hetero) is 1. The molecule has 2 aliphatic heterocycles. The molecule has 496 valence electrons. The van der Waals surface area contributed by atoms with E-state index >= 15 is 0 Å². The van der Waals surface area contributed by atoms with Crippen LogP contribution in [-0.2, 0) is 30.4 Å². The lowest BCUT2D eigenvalue weighted by atomic mass is 10.0. The average molecular weight is 1300 g/mol. The molecule has 17 heteroatoms. The molecular formula is C81H83N13O4. The molecular weight excluding hydrogens is 1220 g/mol. The number of imidazole rings is 3. The van der Waals surface area contributed by atoms with Gasteiger partial charge in [-0.1, -0.05) is 99.6 Å². The minimum Gasteiger partial charge on any atom is -0.378 e. The molecule has 13 aromatic rings. The summed E-state index contributed by atoms with van der Waals surface area (Å²) in [6.07, 6.45) is 19.0. The minimum absolute atomic E-state index is 0.0373. The third-order valence-electron chi connectivity index (χ3n) is 19.6. The van der Waals surface area contributed by atoms with Gasteiger partial charge < -0.3 is 39.6 Å². The van der Waals surface area contributed by atoms with Crippen molar-refractivity contribution in [2.75, 3.05) is 95.0 Å². The highest BCUT2D eigenvalue weighted by atomic mass is 16.5. The van der Waals surface area contributed by atoms with Crippen LogP contribution in [0.25, 0.3) is 61.6 Å². The number of hydrogen-bond donors (Lipinski definition) is 3. The average Bonchev–Trinajstić information content (AvgIpc) is 1.57. The van der Waals surface area contributed by atoms with Crippen molar-refractivity contribution in [2.24, 2.45) is 0 Å². The highest BCUT2D eigenvalue weighted by Crippen LogP contribution is 2.33. The second-order valence-electron chi connectivity index (χ2n) is 25.4. The lowest BCUT2D eigenvalue weighted by molar-refractivity contribution is 0.0947. The van der Waals surface area contributed by atoms with Crippen LogP contribution in [0.2, 0.25) is 0 Å². The number of aromatic amines is 2. The van der Waals surface area contributed by atoms with E-state index < -0.39 is 0 Å². The van der Waals surface area contributed by atoms with E-state index in [1.54, 1.807) is 12.3 Å². The first-order valence-electron chi connectivity index (χ1n) is 34.5. The molecule has 0 unspecified atom stereocenters. The van der Waals surface area contributed by atoms with E-state index in [2.05, 4.69) is 200 Å². The molecule has 8 aromatic heterocycles. The first kappa shape index (κ1) is 64.6. The van der Waals surface area contributed by atoms with Crippen molar-refractivity contribution in [1.82, 2.24) is 53.2 Å². The van der Waals surface area contributed by atoms with Crippen LogP contribution < -0.4 is 20.7 Å². The van der Waals surface area contributed by atoms with Crippen LogP contribution in [0.5, 0.6) is 0 Å². The molecule has 0 saturated carbocycles. The van der Waals surface area contributed by atoms with Crippen LogP contribution in [0.3, 0.4) is 0 Å². The van der Waals surface area contributed by atoms with Crippen molar-refractivity contribution in [3.05, 3.63) is 274 Å². The van der Waals surface area contributed by atoms with Crippen molar-refractivity contribution in [1.29, 1.82) is 0 Å². The van der Waals surface area contributed by atoms with Gasteiger partial charge in [0.1, 0.15) is 16.9 Å². The van der Waals surface area contributed by atoms with Gasteiger partial charge in [0, 0.05) is 178 Å². The summed E-state index contributed by atoms with van der Waals surface area (Å²) in [4.78, 5) is 65.8. The second-order valence-corrected chi connectivity index (χ2v) is 25.4. The number of piperazine rings is 1. The van der Waals surface area contributed by atoms with Gasteiger partial charge in [0.05, 0.1) is 30.3 Å². The normalized spacial score (nSPS) is 14.1. The maximum absolute atomic E-state index is 12.5. The number of carbonyl (C=O) groups is 2. The second kappa shape index (κ2) is 29.7. The van der Waals surface area contributed by atoms with Crippen molar-refractivity contribution in [2.45, 2.75) is 52.9 Å². The third kappa shape index (κ3) is 14.2. The Labute approximate surface area is 571 Å². The Bertz CT molecular complexity index is 4970.